The lowest BCUT2D eigenvalue weighted by atomic mass is 9.94. The van der Waals surface area contributed by atoms with Gasteiger partial charge in [0.15, 0.2) is 11.7 Å². The van der Waals surface area contributed by atoms with Crippen LogP contribution in [0.1, 0.15) is 51.3 Å². The molecule has 1 fully saturated rings. The molecule has 0 radical (unpaired) electrons. The van der Waals surface area contributed by atoms with Crippen LogP contribution in [0.15, 0.2) is 34.9 Å². The molecule has 0 saturated heterocycles. The van der Waals surface area contributed by atoms with Crippen molar-refractivity contribution < 1.29 is 13.6 Å². The zero-order valence-electron chi connectivity index (χ0n) is 14.7. The first-order valence-electron chi connectivity index (χ1n) is 9.17. The van der Waals surface area contributed by atoms with Gasteiger partial charge in [-0.2, -0.15) is 0 Å². The normalized spacial score (nSPS) is 15.3. The van der Waals surface area contributed by atoms with Gasteiger partial charge in [-0.05, 0) is 44.0 Å². The molecule has 0 spiro atoms. The Morgan fingerprint density at radius 3 is 2.64 bits per heavy atom. The number of carbonyl (C=O) groups excluding carboxylic acids is 1. The summed E-state index contributed by atoms with van der Waals surface area (Å²) in [4.78, 5) is 18.8. The van der Waals surface area contributed by atoms with Crippen molar-refractivity contribution in [3.05, 3.63) is 42.2 Å². The summed E-state index contributed by atoms with van der Waals surface area (Å²) in [5, 5.41) is 0. The summed E-state index contributed by atoms with van der Waals surface area (Å²) in [6, 6.07) is 6.50. The molecule has 0 N–H and O–H groups in total. The van der Waals surface area contributed by atoms with Crippen LogP contribution in [0.25, 0.3) is 11.3 Å². The van der Waals surface area contributed by atoms with Gasteiger partial charge in [-0.1, -0.05) is 19.3 Å². The Morgan fingerprint density at radius 2 is 1.96 bits per heavy atom. The van der Waals surface area contributed by atoms with Crippen LogP contribution in [0.2, 0.25) is 0 Å². The molecule has 2 aromatic rings. The van der Waals surface area contributed by atoms with E-state index < -0.39 is 0 Å². The molecule has 0 unspecified atom stereocenters. The molecule has 1 aliphatic carbocycles. The monoisotopic (exact) mass is 344 g/mol. The number of hydrogen-bond donors (Lipinski definition) is 0. The number of halogens is 1. The van der Waals surface area contributed by atoms with Crippen LogP contribution in [-0.4, -0.2) is 28.4 Å². The van der Waals surface area contributed by atoms with Crippen molar-refractivity contribution in [3.63, 3.8) is 0 Å². The molecule has 25 heavy (non-hydrogen) atoms. The van der Waals surface area contributed by atoms with Crippen molar-refractivity contribution in [1.82, 2.24) is 9.88 Å². The van der Waals surface area contributed by atoms with Crippen LogP contribution in [-0.2, 0) is 11.2 Å². The van der Waals surface area contributed by atoms with Gasteiger partial charge in [0.1, 0.15) is 5.82 Å². The van der Waals surface area contributed by atoms with E-state index in [2.05, 4.69) is 4.98 Å². The predicted octanol–water partition coefficient (Wildman–Crippen LogP) is 4.59. The summed E-state index contributed by atoms with van der Waals surface area (Å²) in [5.41, 5.74) is 0.781. The lowest BCUT2D eigenvalue weighted by Crippen LogP contribution is -2.41. The molecule has 134 valence electrons. The number of benzene rings is 1. The second kappa shape index (κ2) is 8.28. The van der Waals surface area contributed by atoms with Gasteiger partial charge < -0.3 is 9.32 Å². The van der Waals surface area contributed by atoms with Crippen LogP contribution < -0.4 is 0 Å². The Morgan fingerprint density at radius 1 is 1.24 bits per heavy atom. The average molecular weight is 344 g/mol. The summed E-state index contributed by atoms with van der Waals surface area (Å²) in [5.74, 6) is 1.04. The van der Waals surface area contributed by atoms with Crippen LogP contribution in [0, 0.1) is 5.82 Å². The van der Waals surface area contributed by atoms with Gasteiger partial charge in [-0.15, -0.1) is 0 Å². The molecule has 0 bridgehead atoms. The Labute approximate surface area is 148 Å². The molecule has 3 rings (SSSR count). The molecule has 1 aromatic carbocycles. The highest BCUT2D eigenvalue weighted by atomic mass is 19.1. The Balaban J connectivity index is 1.57. The summed E-state index contributed by atoms with van der Waals surface area (Å²) >= 11 is 0. The van der Waals surface area contributed by atoms with Crippen molar-refractivity contribution in [2.45, 2.75) is 57.9 Å². The van der Waals surface area contributed by atoms with Gasteiger partial charge in [-0.3, -0.25) is 4.79 Å². The average Bonchev–Trinajstić information content (AvgIpc) is 3.11. The minimum absolute atomic E-state index is 0.177. The summed E-state index contributed by atoms with van der Waals surface area (Å²) in [6.45, 7) is 2.81. The van der Waals surface area contributed by atoms with E-state index in [-0.39, 0.29) is 11.7 Å². The number of nitrogens with zero attached hydrogens (tertiary/aromatic N) is 2. The third-order valence-electron chi connectivity index (χ3n) is 4.91. The number of amides is 1. The topological polar surface area (TPSA) is 46.3 Å². The van der Waals surface area contributed by atoms with E-state index in [4.69, 9.17) is 4.42 Å². The van der Waals surface area contributed by atoms with Gasteiger partial charge >= 0.3 is 0 Å². The second-order valence-electron chi connectivity index (χ2n) is 6.60. The van der Waals surface area contributed by atoms with Crippen LogP contribution in [0.3, 0.4) is 0 Å². The lowest BCUT2D eigenvalue weighted by Gasteiger charge is -2.33. The fraction of sp³-hybridized carbons (Fsp3) is 0.500. The Kier molecular flexibility index (Phi) is 5.84. The Hall–Kier alpha value is -2.17. The number of carbonyl (C=O) groups is 1. The third kappa shape index (κ3) is 4.47. The largest absolute Gasteiger partial charge is 0.441 e. The number of aryl methyl sites for hydroxylation is 1. The molecule has 5 heteroatoms. The fourth-order valence-corrected chi connectivity index (χ4v) is 3.56. The second-order valence-corrected chi connectivity index (χ2v) is 6.60. The van der Waals surface area contributed by atoms with Gasteiger partial charge in [0, 0.05) is 31.0 Å². The lowest BCUT2D eigenvalue weighted by molar-refractivity contribution is -0.134. The zero-order valence-corrected chi connectivity index (χ0v) is 14.7. The predicted molar refractivity (Wildman–Crippen MR) is 94.5 cm³/mol. The zero-order chi connectivity index (χ0) is 17.6. The van der Waals surface area contributed by atoms with E-state index in [0.717, 1.165) is 24.9 Å². The number of aromatic nitrogens is 1. The Bertz CT molecular complexity index is 690. The maximum absolute atomic E-state index is 13.0. The van der Waals surface area contributed by atoms with Gasteiger partial charge in [0.05, 0.1) is 6.20 Å². The molecule has 1 heterocycles. The van der Waals surface area contributed by atoms with Gasteiger partial charge in [0.25, 0.3) is 0 Å². The summed E-state index contributed by atoms with van der Waals surface area (Å²) < 4.78 is 18.7. The molecule has 1 aromatic heterocycles. The number of hydrogen-bond acceptors (Lipinski definition) is 3. The fourth-order valence-electron chi connectivity index (χ4n) is 3.56. The first-order chi connectivity index (χ1) is 12.2. The van der Waals surface area contributed by atoms with Crippen LogP contribution in [0.5, 0.6) is 0 Å². The minimum Gasteiger partial charge on any atom is -0.441 e. The molecule has 0 atom stereocenters. The standard InChI is InChI=1S/C20H25FN2O2/c1-2-23(17-6-4-3-5-7-17)20(24)13-12-19-22-14-18(25-19)15-8-10-16(21)11-9-15/h8-11,14,17H,2-7,12-13H2,1H3. The van der Waals surface area contributed by atoms with Crippen molar-refractivity contribution in [1.29, 1.82) is 0 Å². The first-order valence-corrected chi connectivity index (χ1v) is 9.17. The van der Waals surface area contributed by atoms with E-state index in [1.54, 1.807) is 18.3 Å². The van der Waals surface area contributed by atoms with Crippen LogP contribution >= 0.6 is 0 Å². The molecular weight excluding hydrogens is 319 g/mol. The van der Waals surface area contributed by atoms with Crippen molar-refractivity contribution in [3.8, 4) is 11.3 Å². The van der Waals surface area contributed by atoms with Crippen molar-refractivity contribution in [2.24, 2.45) is 0 Å². The molecular formula is C20H25FN2O2. The van der Waals surface area contributed by atoms with Gasteiger partial charge in [0.2, 0.25) is 5.91 Å². The number of oxazole rings is 1. The van der Waals surface area contributed by atoms with E-state index >= 15 is 0 Å². The molecule has 1 amide bonds. The van der Waals surface area contributed by atoms with Crippen molar-refractivity contribution >= 4 is 5.91 Å². The highest BCUT2D eigenvalue weighted by Gasteiger charge is 2.24. The van der Waals surface area contributed by atoms with Crippen molar-refractivity contribution in [2.75, 3.05) is 6.54 Å². The molecule has 1 aliphatic rings. The molecule has 0 aliphatic heterocycles. The SMILES string of the molecule is CCN(C(=O)CCc1ncc(-c2ccc(F)cc2)o1)C1CCCCC1. The van der Waals surface area contributed by atoms with E-state index in [1.807, 2.05) is 11.8 Å². The summed E-state index contributed by atoms with van der Waals surface area (Å²) in [7, 11) is 0. The van der Waals surface area contributed by atoms with Crippen LogP contribution in [0.4, 0.5) is 4.39 Å². The van der Waals surface area contributed by atoms with E-state index in [0.29, 0.717) is 30.5 Å². The third-order valence-corrected chi connectivity index (χ3v) is 4.91. The minimum atomic E-state index is -0.281. The van der Waals surface area contributed by atoms with Gasteiger partial charge in [-0.25, -0.2) is 9.37 Å². The quantitative estimate of drug-likeness (QED) is 0.770. The molecule has 1 saturated carbocycles. The highest BCUT2D eigenvalue weighted by Crippen LogP contribution is 2.24. The highest BCUT2D eigenvalue weighted by molar-refractivity contribution is 5.76. The smallest absolute Gasteiger partial charge is 0.223 e. The van der Waals surface area contributed by atoms with E-state index in [1.165, 1.54) is 31.4 Å². The summed E-state index contributed by atoms with van der Waals surface area (Å²) in [6.07, 6.45) is 8.48. The van der Waals surface area contributed by atoms with E-state index in [9.17, 15) is 9.18 Å². The number of rotatable bonds is 6. The first kappa shape index (κ1) is 17.6. The maximum atomic E-state index is 13.0. The molecule has 4 nitrogen and oxygen atoms in total. The maximum Gasteiger partial charge on any atom is 0.223 e.